The van der Waals surface area contributed by atoms with Gasteiger partial charge in [0, 0.05) is 0 Å². The molecule has 0 amide bonds. The zero-order valence-corrected chi connectivity index (χ0v) is 16.3. The molecule has 9 heteroatoms. The van der Waals surface area contributed by atoms with Gasteiger partial charge in [-0.2, -0.15) is 0 Å². The molecule has 0 radical (unpaired) electrons. The van der Waals surface area contributed by atoms with E-state index >= 15 is 0 Å². The summed E-state index contributed by atoms with van der Waals surface area (Å²) in [5.74, 6) is -3.64. The van der Waals surface area contributed by atoms with E-state index in [1.807, 2.05) is 0 Å². The van der Waals surface area contributed by atoms with Crippen molar-refractivity contribution in [2.24, 2.45) is 5.92 Å². The van der Waals surface area contributed by atoms with Crippen LogP contribution in [0, 0.1) is 5.92 Å². The van der Waals surface area contributed by atoms with E-state index in [0.717, 1.165) is 20.0 Å². The largest absolute Gasteiger partial charge is 0.481 e. The summed E-state index contributed by atoms with van der Waals surface area (Å²) in [6.45, 7) is 7.48. The Morgan fingerprint density at radius 3 is 2.11 bits per heavy atom. The Morgan fingerprint density at radius 2 is 1.70 bits per heavy atom. The molecule has 3 N–H and O–H groups in total. The molecule has 0 aliphatic carbocycles. The van der Waals surface area contributed by atoms with Crippen LogP contribution >= 0.6 is 0 Å². The van der Waals surface area contributed by atoms with Gasteiger partial charge in [-0.1, -0.05) is 18.6 Å². The number of hydrogen-bond donors (Lipinski definition) is 3. The summed E-state index contributed by atoms with van der Waals surface area (Å²) in [6, 6.07) is 0. The van der Waals surface area contributed by atoms with Gasteiger partial charge >= 0.3 is 17.9 Å². The van der Waals surface area contributed by atoms with Crippen LogP contribution in [0.3, 0.4) is 0 Å². The fraction of sp³-hybridized carbons (Fsp3) is 0.667. The smallest absolute Gasteiger partial charge is 0.336 e. The van der Waals surface area contributed by atoms with Crippen LogP contribution in [0.1, 0.15) is 52.9 Å². The first kappa shape index (κ1) is 26.8. The monoisotopic (exact) mass is 390 g/mol. The maximum Gasteiger partial charge on any atom is 0.336 e. The number of methoxy groups -OCH3 is 1. The lowest BCUT2D eigenvalue weighted by atomic mass is 9.96. The third-order valence-corrected chi connectivity index (χ3v) is 3.51. The molecule has 0 aromatic carbocycles. The first-order chi connectivity index (χ1) is 12.5. The number of carbonyl (C=O) groups is 4. The Hall–Kier alpha value is -2.42. The van der Waals surface area contributed by atoms with Gasteiger partial charge < -0.3 is 24.8 Å². The van der Waals surface area contributed by atoms with Crippen LogP contribution in [0.25, 0.3) is 0 Å². The number of esters is 1. The van der Waals surface area contributed by atoms with Gasteiger partial charge in [0.05, 0.1) is 26.6 Å². The van der Waals surface area contributed by atoms with Crippen molar-refractivity contribution in [1.29, 1.82) is 0 Å². The molecule has 0 spiro atoms. The Kier molecular flexibility index (Phi) is 14.6. The van der Waals surface area contributed by atoms with Crippen LogP contribution in [0.5, 0.6) is 0 Å². The van der Waals surface area contributed by atoms with Gasteiger partial charge in [-0.3, -0.25) is 14.4 Å². The molecule has 0 fully saturated rings. The van der Waals surface area contributed by atoms with E-state index in [9.17, 15) is 24.3 Å². The van der Waals surface area contributed by atoms with E-state index in [-0.39, 0.29) is 0 Å². The lowest BCUT2D eigenvalue weighted by Gasteiger charge is -2.19. The van der Waals surface area contributed by atoms with E-state index in [2.05, 4.69) is 36.3 Å². The molecule has 9 nitrogen and oxygen atoms in total. The van der Waals surface area contributed by atoms with Gasteiger partial charge in [0.25, 0.3) is 6.47 Å². The first-order valence-electron chi connectivity index (χ1n) is 8.41. The lowest BCUT2D eigenvalue weighted by Crippen LogP contribution is -2.42. The lowest BCUT2D eigenvalue weighted by molar-refractivity contribution is -0.171. The molecule has 0 saturated carbocycles. The van der Waals surface area contributed by atoms with Crippen molar-refractivity contribution in [1.82, 2.24) is 0 Å². The highest BCUT2D eigenvalue weighted by molar-refractivity contribution is 5.88. The van der Waals surface area contributed by atoms with E-state index in [1.165, 1.54) is 12.0 Å². The second-order valence-electron chi connectivity index (χ2n) is 6.38. The van der Waals surface area contributed by atoms with Crippen LogP contribution in [0.15, 0.2) is 11.6 Å². The summed E-state index contributed by atoms with van der Waals surface area (Å²) in [5.41, 5.74) is -1.24. The minimum atomic E-state index is -2.61. The molecular formula is C18H30O9. The second kappa shape index (κ2) is 14.7. The van der Waals surface area contributed by atoms with Crippen molar-refractivity contribution in [2.45, 2.75) is 58.5 Å². The fourth-order valence-corrected chi connectivity index (χ4v) is 1.89. The maximum atomic E-state index is 10.7. The molecule has 0 aliphatic rings. The molecule has 0 heterocycles. The Morgan fingerprint density at radius 1 is 1.11 bits per heavy atom. The van der Waals surface area contributed by atoms with Gasteiger partial charge in [-0.15, -0.1) is 0 Å². The minimum absolute atomic E-state index is 0.517. The SMILES string of the molecule is CC(C)=CCCC(C)CCOC=O.COC(=O)CC(O)(CC(=O)O)C(=O)O. The number of allylic oxidation sites excluding steroid dienone is 2. The zero-order valence-electron chi connectivity index (χ0n) is 16.3. The molecule has 0 aromatic heterocycles. The van der Waals surface area contributed by atoms with Gasteiger partial charge in [0.2, 0.25) is 0 Å². The van der Waals surface area contributed by atoms with E-state index in [4.69, 9.17) is 10.2 Å². The normalized spacial score (nSPS) is 13.1. The molecule has 0 bridgehead atoms. The van der Waals surface area contributed by atoms with Gasteiger partial charge in [-0.05, 0) is 39.0 Å². The fourth-order valence-electron chi connectivity index (χ4n) is 1.89. The average molecular weight is 390 g/mol. The number of ether oxygens (including phenoxy) is 2. The zero-order chi connectivity index (χ0) is 21.5. The van der Waals surface area contributed by atoms with E-state index in [1.54, 1.807) is 0 Å². The number of aliphatic carboxylic acids is 2. The van der Waals surface area contributed by atoms with Crippen LogP contribution in [-0.4, -0.2) is 59.0 Å². The van der Waals surface area contributed by atoms with Crippen molar-refractivity contribution in [2.75, 3.05) is 13.7 Å². The second-order valence-corrected chi connectivity index (χ2v) is 6.38. The van der Waals surface area contributed by atoms with Gasteiger partial charge in [-0.25, -0.2) is 4.79 Å². The number of hydrogen-bond acceptors (Lipinski definition) is 7. The number of carboxylic acid groups (broad SMARTS) is 2. The molecule has 0 saturated heterocycles. The average Bonchev–Trinajstić information content (AvgIpc) is 2.54. The molecule has 2 atom stereocenters. The van der Waals surface area contributed by atoms with E-state index in [0.29, 0.717) is 19.0 Å². The third-order valence-electron chi connectivity index (χ3n) is 3.51. The van der Waals surface area contributed by atoms with Crippen molar-refractivity contribution < 1.29 is 44.0 Å². The first-order valence-corrected chi connectivity index (χ1v) is 8.41. The summed E-state index contributed by atoms with van der Waals surface area (Å²) < 4.78 is 8.76. The summed E-state index contributed by atoms with van der Waals surface area (Å²) in [5, 5.41) is 26.1. The minimum Gasteiger partial charge on any atom is -0.481 e. The van der Waals surface area contributed by atoms with Crippen molar-refractivity contribution in [3.8, 4) is 0 Å². The van der Waals surface area contributed by atoms with Crippen LogP contribution in [0.4, 0.5) is 0 Å². The van der Waals surface area contributed by atoms with Gasteiger partial charge in [0.1, 0.15) is 0 Å². The van der Waals surface area contributed by atoms with Gasteiger partial charge in [0.15, 0.2) is 5.60 Å². The molecular weight excluding hydrogens is 360 g/mol. The Bertz CT molecular complexity index is 509. The van der Waals surface area contributed by atoms with Crippen molar-refractivity contribution in [3.05, 3.63) is 11.6 Å². The van der Waals surface area contributed by atoms with Crippen LogP contribution in [0.2, 0.25) is 0 Å². The van der Waals surface area contributed by atoms with Crippen LogP contribution < -0.4 is 0 Å². The maximum absolute atomic E-state index is 10.7. The number of carboxylic acids is 2. The van der Waals surface area contributed by atoms with Crippen LogP contribution in [-0.2, 0) is 28.7 Å². The summed E-state index contributed by atoms with van der Waals surface area (Å²) in [7, 11) is 1.01. The number of aliphatic hydroxyl groups is 1. The summed E-state index contributed by atoms with van der Waals surface area (Å²) >= 11 is 0. The third kappa shape index (κ3) is 15.5. The number of rotatable bonds is 12. The molecule has 0 aromatic rings. The molecule has 0 aliphatic heterocycles. The number of carbonyl (C=O) groups excluding carboxylic acids is 2. The Labute approximate surface area is 159 Å². The topological polar surface area (TPSA) is 147 Å². The summed E-state index contributed by atoms with van der Waals surface area (Å²) in [4.78, 5) is 41.2. The molecule has 0 rings (SSSR count). The van der Waals surface area contributed by atoms with Crippen molar-refractivity contribution >= 4 is 24.4 Å². The van der Waals surface area contributed by atoms with E-state index < -0.39 is 36.4 Å². The highest BCUT2D eigenvalue weighted by Gasteiger charge is 2.41. The highest BCUT2D eigenvalue weighted by Crippen LogP contribution is 2.16. The predicted octanol–water partition coefficient (Wildman–Crippen LogP) is 1.77. The standard InChI is InChI=1S/C11H20O2.C7H10O7/c1-10(2)5-4-6-11(3)7-8-13-9-12;1-14-5(10)3-7(13,6(11)12)2-4(8)9/h5,9,11H,4,6-8H2,1-3H3;13H,2-3H2,1H3,(H,8,9)(H,11,12). The highest BCUT2D eigenvalue weighted by atomic mass is 16.5. The Balaban J connectivity index is 0. The van der Waals surface area contributed by atoms with Crippen molar-refractivity contribution in [3.63, 3.8) is 0 Å². The predicted molar refractivity (Wildman–Crippen MR) is 95.9 cm³/mol. The molecule has 156 valence electrons. The molecule has 27 heavy (non-hydrogen) atoms. The quantitative estimate of drug-likeness (QED) is 0.196. The molecule has 2 unspecified atom stereocenters. The summed E-state index contributed by atoms with van der Waals surface area (Å²) in [6.07, 6.45) is 3.56.